The van der Waals surface area contributed by atoms with Crippen molar-refractivity contribution >= 4 is 5.97 Å². The molecule has 0 bridgehead atoms. The van der Waals surface area contributed by atoms with Gasteiger partial charge >= 0.3 is 5.97 Å². The summed E-state index contributed by atoms with van der Waals surface area (Å²) in [6, 6.07) is 0. The Hall–Kier alpha value is -0.570. The average molecular weight is 157 g/mol. The molecule has 1 saturated carbocycles. The van der Waals surface area contributed by atoms with Crippen molar-refractivity contribution in [1.29, 1.82) is 0 Å². The summed E-state index contributed by atoms with van der Waals surface area (Å²) >= 11 is 0. The fourth-order valence-corrected chi connectivity index (χ4v) is 1.64. The molecule has 1 rings (SSSR count). The van der Waals surface area contributed by atoms with Gasteiger partial charge < -0.3 is 10.5 Å². The lowest BCUT2D eigenvalue weighted by Gasteiger charge is -2.16. The highest BCUT2D eigenvalue weighted by Gasteiger charge is 2.35. The second-order valence-electron chi connectivity index (χ2n) is 3.62. The Bertz CT molecular complexity index is 165. The van der Waals surface area contributed by atoms with Gasteiger partial charge in [-0.1, -0.05) is 0 Å². The molecule has 2 atom stereocenters. The summed E-state index contributed by atoms with van der Waals surface area (Å²) in [5, 5.41) is 0. The number of esters is 1. The van der Waals surface area contributed by atoms with Crippen molar-refractivity contribution in [2.75, 3.05) is 7.11 Å². The van der Waals surface area contributed by atoms with E-state index in [2.05, 4.69) is 4.74 Å². The molecular weight excluding hydrogens is 142 g/mol. The summed E-state index contributed by atoms with van der Waals surface area (Å²) in [5.41, 5.74) is 5.70. The monoisotopic (exact) mass is 157 g/mol. The Labute approximate surface area is 66.9 Å². The number of hydrogen-bond donors (Lipinski definition) is 1. The van der Waals surface area contributed by atoms with Gasteiger partial charge in [0.2, 0.25) is 0 Å². The van der Waals surface area contributed by atoms with Crippen LogP contribution < -0.4 is 5.73 Å². The molecule has 2 unspecified atom stereocenters. The first-order chi connectivity index (χ1) is 5.05. The van der Waals surface area contributed by atoms with Crippen LogP contribution in [0.3, 0.4) is 0 Å². The fourth-order valence-electron chi connectivity index (χ4n) is 1.64. The third-order valence-electron chi connectivity index (χ3n) is 2.31. The highest BCUT2D eigenvalue weighted by molar-refractivity contribution is 5.72. The summed E-state index contributed by atoms with van der Waals surface area (Å²) in [4.78, 5) is 11.0. The first-order valence-electron chi connectivity index (χ1n) is 3.92. The van der Waals surface area contributed by atoms with E-state index in [1.807, 2.05) is 6.92 Å². The van der Waals surface area contributed by atoms with Crippen molar-refractivity contribution in [2.45, 2.75) is 31.7 Å². The smallest absolute Gasteiger partial charge is 0.308 e. The zero-order chi connectivity index (χ0) is 8.48. The number of rotatable bonds is 1. The third-order valence-corrected chi connectivity index (χ3v) is 2.31. The molecule has 1 aliphatic carbocycles. The zero-order valence-electron chi connectivity index (χ0n) is 7.09. The van der Waals surface area contributed by atoms with Crippen LogP contribution in [0, 0.1) is 5.92 Å². The van der Waals surface area contributed by atoms with E-state index in [4.69, 9.17) is 5.73 Å². The van der Waals surface area contributed by atoms with Crippen LogP contribution in [0.4, 0.5) is 0 Å². The van der Waals surface area contributed by atoms with Gasteiger partial charge in [-0.15, -0.1) is 0 Å². The first kappa shape index (κ1) is 8.53. The standard InChI is InChI=1S/C8H15NO2/c1-8(9)4-3-6(5-8)7(10)11-2/h6H,3-5,9H2,1-2H3. The molecular formula is C8H15NO2. The van der Waals surface area contributed by atoms with E-state index >= 15 is 0 Å². The van der Waals surface area contributed by atoms with Crippen molar-refractivity contribution in [3.63, 3.8) is 0 Å². The molecule has 0 heterocycles. The van der Waals surface area contributed by atoms with E-state index < -0.39 is 0 Å². The molecule has 0 aromatic carbocycles. The Balaban J connectivity index is 2.48. The van der Waals surface area contributed by atoms with Crippen molar-refractivity contribution in [2.24, 2.45) is 11.7 Å². The van der Waals surface area contributed by atoms with E-state index in [9.17, 15) is 4.79 Å². The van der Waals surface area contributed by atoms with Gasteiger partial charge in [0.1, 0.15) is 0 Å². The number of carbonyl (C=O) groups is 1. The van der Waals surface area contributed by atoms with Crippen LogP contribution in [0.5, 0.6) is 0 Å². The summed E-state index contributed by atoms with van der Waals surface area (Å²) in [5.74, 6) is -0.0748. The maximum Gasteiger partial charge on any atom is 0.308 e. The van der Waals surface area contributed by atoms with Crippen LogP contribution in [0.1, 0.15) is 26.2 Å². The van der Waals surface area contributed by atoms with Crippen LogP contribution in [0.25, 0.3) is 0 Å². The van der Waals surface area contributed by atoms with Gasteiger partial charge in [0.25, 0.3) is 0 Å². The fraction of sp³-hybridized carbons (Fsp3) is 0.875. The molecule has 11 heavy (non-hydrogen) atoms. The minimum absolute atomic E-state index is 0.0370. The van der Waals surface area contributed by atoms with Gasteiger partial charge in [-0.25, -0.2) is 0 Å². The van der Waals surface area contributed by atoms with Crippen LogP contribution in [-0.2, 0) is 9.53 Å². The van der Waals surface area contributed by atoms with E-state index in [0.717, 1.165) is 19.3 Å². The minimum atomic E-state index is -0.154. The lowest BCUT2D eigenvalue weighted by Crippen LogP contribution is -2.33. The van der Waals surface area contributed by atoms with E-state index in [0.29, 0.717) is 0 Å². The van der Waals surface area contributed by atoms with Gasteiger partial charge in [0, 0.05) is 5.54 Å². The van der Waals surface area contributed by atoms with E-state index in [1.165, 1.54) is 7.11 Å². The molecule has 0 aromatic heterocycles. The molecule has 1 aliphatic rings. The molecule has 1 fully saturated rings. The number of ether oxygens (including phenoxy) is 1. The predicted octanol–water partition coefficient (Wildman–Crippen LogP) is 0.677. The SMILES string of the molecule is COC(=O)C1CCC(C)(N)C1. The highest BCUT2D eigenvalue weighted by Crippen LogP contribution is 2.32. The molecule has 64 valence electrons. The molecule has 3 nitrogen and oxygen atoms in total. The molecule has 0 aromatic rings. The third kappa shape index (κ3) is 1.93. The summed E-state index contributed by atoms with van der Waals surface area (Å²) in [6.07, 6.45) is 2.56. The van der Waals surface area contributed by atoms with Gasteiger partial charge in [-0.3, -0.25) is 4.79 Å². The Morgan fingerprint density at radius 2 is 2.36 bits per heavy atom. The largest absolute Gasteiger partial charge is 0.469 e. The van der Waals surface area contributed by atoms with Crippen LogP contribution in [0.2, 0.25) is 0 Å². The Morgan fingerprint density at radius 3 is 2.73 bits per heavy atom. The quantitative estimate of drug-likeness (QED) is 0.569. The van der Waals surface area contributed by atoms with Gasteiger partial charge in [-0.2, -0.15) is 0 Å². The second kappa shape index (κ2) is 2.81. The number of methoxy groups -OCH3 is 1. The molecule has 2 N–H and O–H groups in total. The van der Waals surface area contributed by atoms with Crippen molar-refractivity contribution in [3.05, 3.63) is 0 Å². The predicted molar refractivity (Wildman–Crippen MR) is 41.9 cm³/mol. The molecule has 3 heteroatoms. The average Bonchev–Trinajstić information content (AvgIpc) is 2.29. The molecule has 0 spiro atoms. The van der Waals surface area contributed by atoms with Gasteiger partial charge in [0.05, 0.1) is 13.0 Å². The second-order valence-corrected chi connectivity index (χ2v) is 3.62. The molecule has 0 saturated heterocycles. The maximum atomic E-state index is 11.0. The van der Waals surface area contributed by atoms with Crippen LogP contribution >= 0.6 is 0 Å². The maximum absolute atomic E-state index is 11.0. The van der Waals surface area contributed by atoms with Crippen molar-refractivity contribution < 1.29 is 9.53 Å². The lowest BCUT2D eigenvalue weighted by molar-refractivity contribution is -0.145. The Morgan fingerprint density at radius 1 is 1.73 bits per heavy atom. The van der Waals surface area contributed by atoms with Crippen LogP contribution in [-0.4, -0.2) is 18.6 Å². The first-order valence-corrected chi connectivity index (χ1v) is 3.92. The van der Waals surface area contributed by atoms with E-state index in [-0.39, 0.29) is 17.4 Å². The van der Waals surface area contributed by atoms with Crippen LogP contribution in [0.15, 0.2) is 0 Å². The highest BCUT2D eigenvalue weighted by atomic mass is 16.5. The number of hydrogen-bond acceptors (Lipinski definition) is 3. The number of nitrogens with two attached hydrogens (primary N) is 1. The summed E-state index contributed by atoms with van der Waals surface area (Å²) in [6.45, 7) is 1.98. The van der Waals surface area contributed by atoms with Gasteiger partial charge in [-0.05, 0) is 26.2 Å². The normalized spacial score (nSPS) is 37.2. The van der Waals surface area contributed by atoms with Gasteiger partial charge in [0.15, 0.2) is 0 Å². The molecule has 0 aliphatic heterocycles. The molecule has 0 amide bonds. The molecule has 0 radical (unpaired) electrons. The zero-order valence-corrected chi connectivity index (χ0v) is 7.09. The summed E-state index contributed by atoms with van der Waals surface area (Å²) in [7, 11) is 1.43. The topological polar surface area (TPSA) is 52.3 Å². The number of carbonyl (C=O) groups excluding carboxylic acids is 1. The lowest BCUT2D eigenvalue weighted by atomic mass is 10.0. The van der Waals surface area contributed by atoms with Crippen molar-refractivity contribution in [1.82, 2.24) is 0 Å². The minimum Gasteiger partial charge on any atom is -0.469 e. The van der Waals surface area contributed by atoms with Crippen molar-refractivity contribution in [3.8, 4) is 0 Å². The van der Waals surface area contributed by atoms with E-state index in [1.54, 1.807) is 0 Å². The summed E-state index contributed by atoms with van der Waals surface area (Å²) < 4.78 is 4.63. The Kier molecular flexibility index (Phi) is 2.18.